The van der Waals surface area contributed by atoms with E-state index in [1.165, 1.54) is 0 Å². The van der Waals surface area contributed by atoms with E-state index in [0.717, 1.165) is 0 Å². The summed E-state index contributed by atoms with van der Waals surface area (Å²) >= 11 is 10.7. The standard InChI is InChI=1S/C4H3Cl2NO2/c5-1-2-3(6)4(8)7-9-2/h1H2,(H,7,8). The van der Waals surface area contributed by atoms with E-state index in [2.05, 4.69) is 4.52 Å². The molecular formula is C4H3Cl2NO2. The van der Waals surface area contributed by atoms with E-state index in [1.807, 2.05) is 5.16 Å². The van der Waals surface area contributed by atoms with Gasteiger partial charge in [0.05, 0.1) is 5.88 Å². The average molecular weight is 168 g/mol. The molecule has 0 aliphatic rings. The molecule has 0 spiro atoms. The van der Waals surface area contributed by atoms with E-state index in [1.54, 1.807) is 0 Å². The van der Waals surface area contributed by atoms with Gasteiger partial charge in [-0.25, -0.2) is 0 Å². The molecule has 9 heavy (non-hydrogen) atoms. The van der Waals surface area contributed by atoms with Crippen LogP contribution in [0.1, 0.15) is 5.76 Å². The number of alkyl halides is 1. The average Bonchev–Trinajstić information content (AvgIpc) is 2.15. The first-order chi connectivity index (χ1) is 4.25. The zero-order valence-corrected chi connectivity index (χ0v) is 5.79. The molecule has 0 atom stereocenters. The Morgan fingerprint density at radius 2 is 2.33 bits per heavy atom. The van der Waals surface area contributed by atoms with Crippen LogP contribution < -0.4 is 5.56 Å². The first-order valence-electron chi connectivity index (χ1n) is 2.17. The zero-order chi connectivity index (χ0) is 6.85. The van der Waals surface area contributed by atoms with Crippen molar-refractivity contribution in [3.63, 3.8) is 0 Å². The van der Waals surface area contributed by atoms with Crippen molar-refractivity contribution < 1.29 is 4.52 Å². The molecule has 5 heteroatoms. The van der Waals surface area contributed by atoms with Crippen molar-refractivity contribution in [2.24, 2.45) is 0 Å². The van der Waals surface area contributed by atoms with Crippen molar-refractivity contribution in [3.05, 3.63) is 21.1 Å². The Balaban J connectivity index is 3.20. The van der Waals surface area contributed by atoms with Gasteiger partial charge in [-0.2, -0.15) is 5.16 Å². The summed E-state index contributed by atoms with van der Waals surface area (Å²) in [4.78, 5) is 10.5. The van der Waals surface area contributed by atoms with Gasteiger partial charge in [0.25, 0.3) is 5.56 Å². The van der Waals surface area contributed by atoms with Gasteiger partial charge in [-0.15, -0.1) is 11.6 Å². The minimum atomic E-state index is -0.438. The molecule has 0 aliphatic heterocycles. The Labute approximate surface area is 60.5 Å². The number of rotatable bonds is 1. The molecule has 0 aliphatic carbocycles. The normalized spacial score (nSPS) is 10.0. The summed E-state index contributed by atoms with van der Waals surface area (Å²) in [6, 6.07) is 0. The summed E-state index contributed by atoms with van der Waals surface area (Å²) < 4.78 is 4.54. The molecule has 0 saturated carbocycles. The summed E-state index contributed by atoms with van der Waals surface area (Å²) in [6.07, 6.45) is 0. The fourth-order valence-electron chi connectivity index (χ4n) is 0.410. The van der Waals surface area contributed by atoms with Crippen LogP contribution in [-0.4, -0.2) is 5.16 Å². The quantitative estimate of drug-likeness (QED) is 0.643. The molecule has 3 nitrogen and oxygen atoms in total. The van der Waals surface area contributed by atoms with Gasteiger partial charge in [0.2, 0.25) is 0 Å². The number of hydrogen-bond donors (Lipinski definition) is 1. The molecule has 0 aromatic carbocycles. The number of nitrogens with one attached hydrogen (secondary N) is 1. The molecule has 1 N–H and O–H groups in total. The fraction of sp³-hybridized carbons (Fsp3) is 0.250. The van der Waals surface area contributed by atoms with Crippen molar-refractivity contribution in [2.75, 3.05) is 0 Å². The Bertz CT molecular complexity index is 251. The largest absolute Gasteiger partial charge is 0.381 e. The lowest BCUT2D eigenvalue weighted by atomic mass is 10.5. The van der Waals surface area contributed by atoms with Gasteiger partial charge in [-0.05, 0) is 0 Å². The number of aromatic nitrogens is 1. The first kappa shape index (κ1) is 6.71. The Kier molecular flexibility index (Phi) is 1.83. The molecule has 1 heterocycles. The van der Waals surface area contributed by atoms with Gasteiger partial charge in [0, 0.05) is 0 Å². The van der Waals surface area contributed by atoms with Crippen LogP contribution in [0.2, 0.25) is 5.02 Å². The molecule has 1 aromatic heterocycles. The molecule has 0 saturated heterocycles. The molecule has 1 rings (SSSR count). The predicted molar refractivity (Wildman–Crippen MR) is 33.9 cm³/mol. The second-order valence-electron chi connectivity index (χ2n) is 1.40. The third-order valence-corrected chi connectivity index (χ3v) is 1.46. The SMILES string of the molecule is O=c1[nH]oc(CCl)c1Cl. The van der Waals surface area contributed by atoms with Crippen LogP contribution >= 0.6 is 23.2 Å². The molecular weight excluding hydrogens is 165 g/mol. The maximum absolute atomic E-state index is 10.5. The van der Waals surface area contributed by atoms with Gasteiger partial charge in [0.1, 0.15) is 0 Å². The Morgan fingerprint density at radius 1 is 1.67 bits per heavy atom. The van der Waals surface area contributed by atoms with Crippen LogP contribution in [0.3, 0.4) is 0 Å². The summed E-state index contributed by atoms with van der Waals surface area (Å²) in [5, 5.41) is 2.07. The van der Waals surface area contributed by atoms with E-state index >= 15 is 0 Å². The van der Waals surface area contributed by atoms with Gasteiger partial charge >= 0.3 is 0 Å². The van der Waals surface area contributed by atoms with E-state index in [-0.39, 0.29) is 16.7 Å². The summed E-state index contributed by atoms with van der Waals surface area (Å²) in [5.74, 6) is 0.390. The summed E-state index contributed by atoms with van der Waals surface area (Å²) in [6.45, 7) is 0. The minimum absolute atomic E-state index is 0.0324. The van der Waals surface area contributed by atoms with Crippen molar-refractivity contribution in [1.82, 2.24) is 5.16 Å². The lowest BCUT2D eigenvalue weighted by Crippen LogP contribution is -1.96. The van der Waals surface area contributed by atoms with Crippen molar-refractivity contribution >= 4 is 23.2 Å². The topological polar surface area (TPSA) is 46.0 Å². The van der Waals surface area contributed by atoms with E-state index < -0.39 is 5.56 Å². The number of H-pyrrole nitrogens is 1. The highest BCUT2D eigenvalue weighted by Crippen LogP contribution is 2.10. The number of hydrogen-bond acceptors (Lipinski definition) is 2. The van der Waals surface area contributed by atoms with Crippen LogP contribution in [0, 0.1) is 0 Å². The van der Waals surface area contributed by atoms with Crippen LogP contribution in [0.4, 0.5) is 0 Å². The van der Waals surface area contributed by atoms with Crippen LogP contribution in [-0.2, 0) is 5.88 Å². The summed E-state index contributed by atoms with van der Waals surface area (Å²) in [7, 11) is 0. The lowest BCUT2D eigenvalue weighted by Gasteiger charge is -1.79. The maximum Gasteiger partial charge on any atom is 0.299 e. The van der Waals surface area contributed by atoms with Crippen LogP contribution in [0.5, 0.6) is 0 Å². The number of halogens is 2. The highest BCUT2D eigenvalue weighted by Gasteiger charge is 2.06. The smallest absolute Gasteiger partial charge is 0.299 e. The van der Waals surface area contributed by atoms with Crippen molar-refractivity contribution in [1.29, 1.82) is 0 Å². The van der Waals surface area contributed by atoms with Gasteiger partial charge < -0.3 is 4.52 Å². The predicted octanol–water partition coefficient (Wildman–Crippen LogP) is 1.36. The maximum atomic E-state index is 10.5. The number of aromatic amines is 1. The Morgan fingerprint density at radius 3 is 2.56 bits per heavy atom. The van der Waals surface area contributed by atoms with Gasteiger partial charge in [0.15, 0.2) is 10.8 Å². The second kappa shape index (κ2) is 2.45. The van der Waals surface area contributed by atoms with E-state index in [4.69, 9.17) is 23.2 Å². The zero-order valence-electron chi connectivity index (χ0n) is 4.28. The van der Waals surface area contributed by atoms with E-state index in [9.17, 15) is 4.79 Å². The summed E-state index contributed by atoms with van der Waals surface area (Å²) in [5.41, 5.74) is -0.438. The fourth-order valence-corrected chi connectivity index (χ4v) is 0.811. The highest BCUT2D eigenvalue weighted by molar-refractivity contribution is 6.31. The third kappa shape index (κ3) is 1.11. The van der Waals surface area contributed by atoms with E-state index in [0.29, 0.717) is 0 Å². The molecule has 0 unspecified atom stereocenters. The van der Waals surface area contributed by atoms with Crippen molar-refractivity contribution in [3.8, 4) is 0 Å². The van der Waals surface area contributed by atoms with Crippen LogP contribution in [0.25, 0.3) is 0 Å². The molecule has 0 fully saturated rings. The second-order valence-corrected chi connectivity index (χ2v) is 2.05. The molecule has 1 aromatic rings. The van der Waals surface area contributed by atoms with Crippen LogP contribution in [0.15, 0.2) is 9.32 Å². The first-order valence-corrected chi connectivity index (χ1v) is 3.08. The minimum Gasteiger partial charge on any atom is -0.381 e. The van der Waals surface area contributed by atoms with Gasteiger partial charge in [-0.1, -0.05) is 11.6 Å². The third-order valence-electron chi connectivity index (χ3n) is 0.832. The highest BCUT2D eigenvalue weighted by atomic mass is 35.5. The lowest BCUT2D eigenvalue weighted by molar-refractivity contribution is 0.389. The van der Waals surface area contributed by atoms with Crippen molar-refractivity contribution in [2.45, 2.75) is 5.88 Å². The molecule has 0 bridgehead atoms. The molecule has 50 valence electrons. The molecule has 0 radical (unpaired) electrons. The molecule has 0 amide bonds. The monoisotopic (exact) mass is 167 g/mol. The van der Waals surface area contributed by atoms with Gasteiger partial charge in [-0.3, -0.25) is 4.79 Å². The Hall–Kier alpha value is -0.410.